The minimum absolute atomic E-state index is 0.0935. The highest BCUT2D eigenvalue weighted by molar-refractivity contribution is 5.66. The van der Waals surface area contributed by atoms with Gasteiger partial charge in [-0.2, -0.15) is 0 Å². The predicted octanol–water partition coefficient (Wildman–Crippen LogP) is 0.843. The average Bonchev–Trinajstić information content (AvgIpc) is 2.22. The van der Waals surface area contributed by atoms with Gasteiger partial charge in [-0.25, -0.2) is 4.98 Å². The lowest BCUT2D eigenvalue weighted by atomic mass is 9.76. The highest BCUT2D eigenvalue weighted by Gasteiger charge is 2.28. The van der Waals surface area contributed by atoms with Gasteiger partial charge < -0.3 is 5.11 Å². The lowest BCUT2D eigenvalue weighted by Gasteiger charge is -2.30. The zero-order valence-electron chi connectivity index (χ0n) is 10.1. The van der Waals surface area contributed by atoms with Gasteiger partial charge in [-0.05, 0) is 24.7 Å². The fraction of sp³-hybridized carbons (Fsp3) is 0.583. The summed E-state index contributed by atoms with van der Waals surface area (Å²) in [6.07, 6.45) is 3.82. The summed E-state index contributed by atoms with van der Waals surface area (Å²) in [6.45, 7) is 3.91. The second-order valence-electron chi connectivity index (χ2n) is 5.34. The van der Waals surface area contributed by atoms with Crippen molar-refractivity contribution in [2.75, 3.05) is 0 Å². The summed E-state index contributed by atoms with van der Waals surface area (Å²) in [5.41, 5.74) is 1.40. The maximum absolute atomic E-state index is 12.1. The molecule has 2 rings (SSSR count). The largest absolute Gasteiger partial charge is 0.480 e. The molecule has 0 aromatic carbocycles. The number of aryl methyl sites for hydroxylation is 1. The van der Waals surface area contributed by atoms with E-state index in [1.54, 1.807) is 0 Å². The van der Waals surface area contributed by atoms with Crippen molar-refractivity contribution in [2.45, 2.75) is 39.7 Å². The van der Waals surface area contributed by atoms with E-state index in [4.69, 9.17) is 5.11 Å². The molecular weight excluding hydrogens is 220 g/mol. The minimum atomic E-state index is -1.02. The van der Waals surface area contributed by atoms with Gasteiger partial charge in [0.15, 0.2) is 0 Å². The van der Waals surface area contributed by atoms with Crippen LogP contribution < -0.4 is 5.56 Å². The smallest absolute Gasteiger partial charge is 0.323 e. The first-order valence-corrected chi connectivity index (χ1v) is 5.68. The van der Waals surface area contributed by atoms with Crippen molar-refractivity contribution in [3.8, 4) is 0 Å². The molecule has 0 spiro atoms. The second-order valence-corrected chi connectivity index (χ2v) is 5.34. The first-order valence-electron chi connectivity index (χ1n) is 5.68. The normalized spacial score (nSPS) is 17.5. The second kappa shape index (κ2) is 3.98. The first kappa shape index (κ1) is 11.8. The van der Waals surface area contributed by atoms with Crippen LogP contribution in [-0.4, -0.2) is 20.6 Å². The number of hydrogen-bond acceptors (Lipinski definition) is 3. The summed E-state index contributed by atoms with van der Waals surface area (Å²) in [5.74, 6) is -1.02. The summed E-state index contributed by atoms with van der Waals surface area (Å²) in [5, 5.41) is 8.71. The molecule has 0 atom stereocenters. The highest BCUT2D eigenvalue weighted by atomic mass is 16.4. The summed E-state index contributed by atoms with van der Waals surface area (Å²) in [4.78, 5) is 26.9. The Kier molecular flexibility index (Phi) is 2.77. The predicted molar refractivity (Wildman–Crippen MR) is 61.9 cm³/mol. The van der Waals surface area contributed by atoms with E-state index in [2.05, 4.69) is 18.8 Å². The Morgan fingerprint density at radius 3 is 2.94 bits per heavy atom. The monoisotopic (exact) mass is 236 g/mol. The van der Waals surface area contributed by atoms with Crippen molar-refractivity contribution in [2.24, 2.45) is 5.41 Å². The van der Waals surface area contributed by atoms with Gasteiger partial charge >= 0.3 is 5.97 Å². The number of hydrogen-bond donors (Lipinski definition) is 1. The first-order chi connectivity index (χ1) is 7.89. The molecule has 5 nitrogen and oxygen atoms in total. The number of carboxylic acids is 1. The lowest BCUT2D eigenvalue weighted by Crippen LogP contribution is -2.34. The third kappa shape index (κ3) is 2.38. The maximum Gasteiger partial charge on any atom is 0.323 e. The molecule has 1 heterocycles. The van der Waals surface area contributed by atoms with Crippen LogP contribution in [-0.2, 0) is 24.2 Å². The van der Waals surface area contributed by atoms with Gasteiger partial charge in [-0.1, -0.05) is 13.8 Å². The van der Waals surface area contributed by atoms with Crippen LogP contribution >= 0.6 is 0 Å². The van der Waals surface area contributed by atoms with E-state index in [0.29, 0.717) is 12.0 Å². The molecule has 0 saturated heterocycles. The van der Waals surface area contributed by atoms with E-state index in [-0.39, 0.29) is 17.5 Å². The van der Waals surface area contributed by atoms with Crippen molar-refractivity contribution in [3.05, 3.63) is 27.9 Å². The minimum Gasteiger partial charge on any atom is -0.480 e. The van der Waals surface area contributed by atoms with Crippen LogP contribution in [0.4, 0.5) is 0 Å². The molecule has 0 unspecified atom stereocenters. The molecular formula is C12H16N2O3. The summed E-state index contributed by atoms with van der Waals surface area (Å²) < 4.78 is 1.17. The summed E-state index contributed by atoms with van der Waals surface area (Å²) >= 11 is 0. The van der Waals surface area contributed by atoms with Crippen LogP contribution in [0.3, 0.4) is 0 Å². The molecule has 1 aromatic heterocycles. The van der Waals surface area contributed by atoms with Crippen LogP contribution in [0.2, 0.25) is 0 Å². The Hall–Kier alpha value is -1.65. The van der Waals surface area contributed by atoms with Crippen molar-refractivity contribution in [1.82, 2.24) is 9.55 Å². The van der Waals surface area contributed by atoms with E-state index in [1.807, 2.05) is 0 Å². The Balaban J connectivity index is 2.44. The molecule has 92 valence electrons. The van der Waals surface area contributed by atoms with E-state index >= 15 is 0 Å². The lowest BCUT2D eigenvalue weighted by molar-refractivity contribution is -0.137. The van der Waals surface area contributed by atoms with Gasteiger partial charge in [0, 0.05) is 5.56 Å². The van der Waals surface area contributed by atoms with E-state index in [0.717, 1.165) is 18.5 Å². The quantitative estimate of drug-likeness (QED) is 0.826. The number of rotatable bonds is 2. The number of fused-ring (bicyclic) bond motifs is 1. The molecule has 1 N–H and O–H groups in total. The average molecular weight is 236 g/mol. The van der Waals surface area contributed by atoms with Crippen molar-refractivity contribution < 1.29 is 9.90 Å². The van der Waals surface area contributed by atoms with Crippen LogP contribution in [0.15, 0.2) is 11.1 Å². The van der Waals surface area contributed by atoms with Crippen molar-refractivity contribution >= 4 is 5.97 Å². The molecule has 0 fully saturated rings. The van der Waals surface area contributed by atoms with Crippen LogP contribution in [0, 0.1) is 5.41 Å². The van der Waals surface area contributed by atoms with Gasteiger partial charge in [-0.3, -0.25) is 14.2 Å². The number of aromatic nitrogens is 2. The molecule has 17 heavy (non-hydrogen) atoms. The van der Waals surface area contributed by atoms with Gasteiger partial charge in [0.05, 0.1) is 12.0 Å². The Bertz CT molecular complexity index is 517. The van der Waals surface area contributed by atoms with E-state index in [1.165, 1.54) is 10.9 Å². The number of carbonyl (C=O) groups is 1. The van der Waals surface area contributed by atoms with Crippen molar-refractivity contribution in [3.63, 3.8) is 0 Å². The number of carboxylic acid groups (broad SMARTS) is 1. The van der Waals surface area contributed by atoms with Gasteiger partial charge in [0.1, 0.15) is 6.54 Å². The van der Waals surface area contributed by atoms with E-state index < -0.39 is 5.97 Å². The Morgan fingerprint density at radius 1 is 1.59 bits per heavy atom. The molecule has 0 saturated carbocycles. The van der Waals surface area contributed by atoms with Gasteiger partial charge in [-0.15, -0.1) is 0 Å². The summed E-state index contributed by atoms with van der Waals surface area (Å²) in [7, 11) is 0. The summed E-state index contributed by atoms with van der Waals surface area (Å²) in [6, 6.07) is 0. The standard InChI is InChI=1S/C12H16N2O3/c1-12(2)4-3-9-8(5-12)11(17)14(7-13-9)6-10(15)16/h7H,3-6H2,1-2H3,(H,15,16). The Labute approximate surface area is 99.1 Å². The van der Waals surface area contributed by atoms with Crippen LogP contribution in [0.5, 0.6) is 0 Å². The SMILES string of the molecule is CC1(C)CCc2ncn(CC(=O)O)c(=O)c2C1. The molecule has 0 radical (unpaired) electrons. The van der Waals surface area contributed by atoms with Crippen LogP contribution in [0.25, 0.3) is 0 Å². The molecule has 1 aliphatic carbocycles. The highest BCUT2D eigenvalue weighted by Crippen LogP contribution is 2.31. The van der Waals surface area contributed by atoms with Crippen LogP contribution in [0.1, 0.15) is 31.5 Å². The zero-order chi connectivity index (χ0) is 12.6. The Morgan fingerprint density at radius 2 is 2.29 bits per heavy atom. The molecule has 0 bridgehead atoms. The molecule has 0 amide bonds. The third-order valence-electron chi connectivity index (χ3n) is 3.22. The zero-order valence-corrected chi connectivity index (χ0v) is 10.1. The number of aliphatic carboxylic acids is 1. The van der Waals surface area contributed by atoms with Crippen molar-refractivity contribution in [1.29, 1.82) is 0 Å². The third-order valence-corrected chi connectivity index (χ3v) is 3.22. The van der Waals surface area contributed by atoms with Gasteiger partial charge in [0.2, 0.25) is 0 Å². The number of nitrogens with zero attached hydrogens (tertiary/aromatic N) is 2. The maximum atomic E-state index is 12.1. The molecule has 5 heteroatoms. The van der Waals surface area contributed by atoms with Gasteiger partial charge in [0.25, 0.3) is 5.56 Å². The fourth-order valence-corrected chi connectivity index (χ4v) is 2.24. The molecule has 1 aliphatic rings. The molecule has 1 aromatic rings. The van der Waals surface area contributed by atoms with E-state index in [9.17, 15) is 9.59 Å². The molecule has 0 aliphatic heterocycles. The fourth-order valence-electron chi connectivity index (χ4n) is 2.24. The topological polar surface area (TPSA) is 72.2 Å².